The van der Waals surface area contributed by atoms with Crippen molar-refractivity contribution in [3.05, 3.63) is 57.7 Å². The van der Waals surface area contributed by atoms with Crippen LogP contribution in [0.5, 0.6) is 0 Å². The van der Waals surface area contributed by atoms with E-state index < -0.39 is 24.0 Å². The Kier molecular flexibility index (Phi) is 9.61. The Morgan fingerprint density at radius 1 is 1.23 bits per heavy atom. The van der Waals surface area contributed by atoms with E-state index in [2.05, 4.69) is 15.6 Å². The van der Waals surface area contributed by atoms with Gasteiger partial charge in [0.15, 0.2) is 11.9 Å². The summed E-state index contributed by atoms with van der Waals surface area (Å²) in [6.45, 7) is 3.30. The first kappa shape index (κ1) is 25.0. The topological polar surface area (TPSA) is 97.4 Å². The third-order valence-electron chi connectivity index (χ3n) is 4.19. The van der Waals surface area contributed by atoms with Gasteiger partial charge in [0.25, 0.3) is 11.8 Å². The number of amides is 2. The Labute approximate surface area is 195 Å². The number of benzene rings is 1. The maximum absolute atomic E-state index is 12.7. The molecule has 0 fully saturated rings. The van der Waals surface area contributed by atoms with E-state index in [1.807, 2.05) is 19.2 Å². The molecule has 2 amide bonds. The van der Waals surface area contributed by atoms with Crippen LogP contribution in [0.2, 0.25) is 10.0 Å². The molecule has 10 heteroatoms. The van der Waals surface area contributed by atoms with E-state index in [1.54, 1.807) is 18.2 Å². The summed E-state index contributed by atoms with van der Waals surface area (Å²) >= 11 is 13.3. The number of aromatic nitrogens is 1. The van der Waals surface area contributed by atoms with Crippen molar-refractivity contribution in [1.29, 1.82) is 0 Å². The summed E-state index contributed by atoms with van der Waals surface area (Å²) in [6, 6.07) is 7.57. The van der Waals surface area contributed by atoms with Crippen molar-refractivity contribution < 1.29 is 19.1 Å². The van der Waals surface area contributed by atoms with Gasteiger partial charge < -0.3 is 15.4 Å². The lowest BCUT2D eigenvalue weighted by Crippen LogP contribution is -2.44. The molecule has 0 aliphatic rings. The van der Waals surface area contributed by atoms with Crippen LogP contribution in [-0.4, -0.2) is 46.9 Å². The maximum Gasteiger partial charge on any atom is 0.329 e. The number of halogens is 2. The molecular weight excluding hydrogens is 461 g/mol. The summed E-state index contributed by atoms with van der Waals surface area (Å²) in [7, 11) is 0. The van der Waals surface area contributed by atoms with Gasteiger partial charge in [0.05, 0.1) is 10.0 Å². The molecule has 2 aromatic rings. The summed E-state index contributed by atoms with van der Waals surface area (Å²) in [4.78, 5) is 41.6. The van der Waals surface area contributed by atoms with Crippen molar-refractivity contribution in [2.24, 2.45) is 0 Å². The Bertz CT molecular complexity index is 958. The fourth-order valence-corrected chi connectivity index (χ4v) is 3.45. The third-order valence-corrected chi connectivity index (χ3v) is 5.33. The monoisotopic (exact) mass is 483 g/mol. The zero-order valence-corrected chi connectivity index (χ0v) is 19.6. The van der Waals surface area contributed by atoms with Gasteiger partial charge in [-0.1, -0.05) is 40.9 Å². The molecule has 2 N–H and O–H groups in total. The molecule has 0 spiro atoms. The lowest BCUT2D eigenvalue weighted by atomic mass is 10.1. The van der Waals surface area contributed by atoms with Crippen LogP contribution < -0.4 is 10.6 Å². The Balaban J connectivity index is 2.02. The van der Waals surface area contributed by atoms with Crippen LogP contribution in [0.1, 0.15) is 29.3 Å². The number of aryl methyl sites for hydroxylation is 1. The van der Waals surface area contributed by atoms with Crippen LogP contribution >= 0.6 is 35.0 Å². The number of nitrogens with zero attached hydrogens (tertiary/aromatic N) is 1. The van der Waals surface area contributed by atoms with Gasteiger partial charge in [-0.25, -0.2) is 9.78 Å². The van der Waals surface area contributed by atoms with Gasteiger partial charge in [-0.2, -0.15) is 11.8 Å². The largest absolute Gasteiger partial charge is 0.451 e. The molecule has 0 aliphatic carbocycles. The molecule has 0 saturated carbocycles. The maximum atomic E-state index is 12.7. The normalized spacial score (nSPS) is 12.5. The standard InChI is InChI=1S/C21H23Cl2N3O4S/c1-12-5-4-6-14(9-12)20(28)25-17(7-8-31-3)21(29)30-13(2)19(27)26-18-16(23)10-15(22)11-24-18/h4-6,9-11,13,17H,7-8H2,1-3H3,(H,25,28)(H,24,26,27). The highest BCUT2D eigenvalue weighted by atomic mass is 35.5. The van der Waals surface area contributed by atoms with E-state index in [9.17, 15) is 14.4 Å². The average molecular weight is 484 g/mol. The molecule has 2 rings (SSSR count). The number of esters is 1. The van der Waals surface area contributed by atoms with Crippen LogP contribution in [0, 0.1) is 6.92 Å². The minimum absolute atomic E-state index is 0.102. The predicted octanol–water partition coefficient (Wildman–Crippen LogP) is 4.12. The Morgan fingerprint density at radius 2 is 1.97 bits per heavy atom. The molecule has 166 valence electrons. The lowest BCUT2D eigenvalue weighted by molar-refractivity contribution is -0.155. The number of pyridine rings is 1. The molecule has 2 atom stereocenters. The van der Waals surface area contributed by atoms with Gasteiger partial charge >= 0.3 is 5.97 Å². The van der Waals surface area contributed by atoms with Crippen LogP contribution in [0.4, 0.5) is 5.82 Å². The SMILES string of the molecule is CSCCC(NC(=O)c1cccc(C)c1)C(=O)OC(C)C(=O)Nc1ncc(Cl)cc1Cl. The second-order valence-corrected chi connectivity index (χ2v) is 8.56. The Hall–Kier alpha value is -2.29. The van der Waals surface area contributed by atoms with Gasteiger partial charge in [-0.3, -0.25) is 9.59 Å². The zero-order valence-electron chi connectivity index (χ0n) is 17.3. The number of anilines is 1. The molecule has 0 saturated heterocycles. The van der Waals surface area contributed by atoms with Crippen molar-refractivity contribution in [3.63, 3.8) is 0 Å². The van der Waals surface area contributed by atoms with Crippen LogP contribution in [-0.2, 0) is 14.3 Å². The number of nitrogens with one attached hydrogen (secondary N) is 2. The first-order valence-corrected chi connectivity index (χ1v) is 11.5. The number of carbonyl (C=O) groups is 3. The third kappa shape index (κ3) is 7.72. The van der Waals surface area contributed by atoms with E-state index in [0.29, 0.717) is 22.8 Å². The van der Waals surface area contributed by atoms with Crippen molar-refractivity contribution in [2.75, 3.05) is 17.3 Å². The number of hydrogen-bond donors (Lipinski definition) is 2. The fraction of sp³-hybridized carbons (Fsp3) is 0.333. The molecule has 0 bridgehead atoms. The van der Waals surface area contributed by atoms with Gasteiger partial charge in [-0.15, -0.1) is 0 Å². The first-order valence-electron chi connectivity index (χ1n) is 9.40. The number of ether oxygens (including phenoxy) is 1. The summed E-state index contributed by atoms with van der Waals surface area (Å²) in [5.41, 5.74) is 1.37. The van der Waals surface area contributed by atoms with E-state index in [4.69, 9.17) is 27.9 Å². The summed E-state index contributed by atoms with van der Waals surface area (Å²) < 4.78 is 5.30. The number of hydrogen-bond acceptors (Lipinski definition) is 6. The fourth-order valence-electron chi connectivity index (χ4n) is 2.55. The van der Waals surface area contributed by atoms with Crippen molar-refractivity contribution >= 4 is 58.6 Å². The van der Waals surface area contributed by atoms with Crippen LogP contribution in [0.3, 0.4) is 0 Å². The predicted molar refractivity (Wildman–Crippen MR) is 124 cm³/mol. The van der Waals surface area contributed by atoms with Gasteiger partial charge in [0.2, 0.25) is 0 Å². The van der Waals surface area contributed by atoms with Gasteiger partial charge in [0.1, 0.15) is 6.04 Å². The van der Waals surface area contributed by atoms with E-state index in [0.717, 1.165) is 5.56 Å². The summed E-state index contributed by atoms with van der Waals surface area (Å²) in [5.74, 6) is -0.975. The quantitative estimate of drug-likeness (QED) is 0.520. The zero-order chi connectivity index (χ0) is 23.0. The molecule has 1 aromatic heterocycles. The molecule has 1 heterocycles. The molecular formula is C21H23Cl2N3O4S. The summed E-state index contributed by atoms with van der Waals surface area (Å²) in [6.07, 6.45) is 2.45. The van der Waals surface area contributed by atoms with Crippen molar-refractivity contribution in [1.82, 2.24) is 10.3 Å². The molecule has 7 nitrogen and oxygen atoms in total. The highest BCUT2D eigenvalue weighted by molar-refractivity contribution is 7.98. The second-order valence-electron chi connectivity index (χ2n) is 6.73. The van der Waals surface area contributed by atoms with Crippen LogP contribution in [0.25, 0.3) is 0 Å². The second kappa shape index (κ2) is 11.9. The molecule has 0 radical (unpaired) electrons. The van der Waals surface area contributed by atoms with Crippen molar-refractivity contribution in [3.8, 4) is 0 Å². The Morgan fingerprint density at radius 3 is 2.61 bits per heavy atom. The van der Waals surface area contributed by atoms with Crippen LogP contribution in [0.15, 0.2) is 36.5 Å². The first-order chi connectivity index (χ1) is 14.7. The van der Waals surface area contributed by atoms with Crippen molar-refractivity contribution in [2.45, 2.75) is 32.4 Å². The highest BCUT2D eigenvalue weighted by Gasteiger charge is 2.27. The van der Waals surface area contributed by atoms with E-state index >= 15 is 0 Å². The summed E-state index contributed by atoms with van der Waals surface area (Å²) in [5, 5.41) is 5.66. The van der Waals surface area contributed by atoms with E-state index in [1.165, 1.54) is 30.9 Å². The van der Waals surface area contributed by atoms with Gasteiger partial charge in [0, 0.05) is 11.8 Å². The van der Waals surface area contributed by atoms with Gasteiger partial charge in [-0.05, 0) is 50.5 Å². The number of carbonyl (C=O) groups excluding carboxylic acids is 3. The average Bonchev–Trinajstić information content (AvgIpc) is 2.72. The molecule has 1 aromatic carbocycles. The lowest BCUT2D eigenvalue weighted by Gasteiger charge is -2.20. The van der Waals surface area contributed by atoms with E-state index in [-0.39, 0.29) is 16.7 Å². The molecule has 31 heavy (non-hydrogen) atoms. The molecule has 2 unspecified atom stereocenters. The minimum Gasteiger partial charge on any atom is -0.451 e. The number of thioether (sulfide) groups is 1. The number of rotatable bonds is 9. The molecule has 0 aliphatic heterocycles. The highest BCUT2D eigenvalue weighted by Crippen LogP contribution is 2.22. The smallest absolute Gasteiger partial charge is 0.329 e. The minimum atomic E-state index is -1.13.